The summed E-state index contributed by atoms with van der Waals surface area (Å²) < 4.78 is 1.83. The Morgan fingerprint density at radius 3 is 2.48 bits per heavy atom. The van der Waals surface area contributed by atoms with Crippen LogP contribution in [-0.2, 0) is 13.0 Å². The van der Waals surface area contributed by atoms with Crippen molar-refractivity contribution < 1.29 is 0 Å². The summed E-state index contributed by atoms with van der Waals surface area (Å²) in [5.74, 6) is 1.71. The smallest absolute Gasteiger partial charge is 0.162 e. The molecule has 0 unspecified atom stereocenters. The van der Waals surface area contributed by atoms with Crippen molar-refractivity contribution >= 4 is 17.3 Å². The lowest BCUT2D eigenvalue weighted by Gasteiger charge is -2.12. The van der Waals surface area contributed by atoms with Crippen molar-refractivity contribution in [2.24, 2.45) is 0 Å². The standard InChI is InChI=1S/C20H21N7/c1-15-11-25-27-19(24-14-17-5-3-8-22-13-17)10-18(26-20(15)27)23-9-6-16-4-2-7-21-12-16/h2-5,7-8,10-13,24H,6,9,14H2,1H3,(H,23,26). The molecule has 0 bridgehead atoms. The number of anilines is 2. The number of hydrogen-bond acceptors (Lipinski definition) is 6. The molecule has 0 aliphatic heterocycles. The van der Waals surface area contributed by atoms with E-state index in [9.17, 15) is 0 Å². The molecule has 7 heteroatoms. The molecule has 136 valence electrons. The minimum Gasteiger partial charge on any atom is -0.370 e. The maximum Gasteiger partial charge on any atom is 0.162 e. The third-order valence-corrected chi connectivity index (χ3v) is 4.29. The summed E-state index contributed by atoms with van der Waals surface area (Å²) >= 11 is 0. The second kappa shape index (κ2) is 7.82. The van der Waals surface area contributed by atoms with E-state index in [0.29, 0.717) is 6.54 Å². The van der Waals surface area contributed by atoms with Crippen LogP contribution in [0.1, 0.15) is 16.7 Å². The van der Waals surface area contributed by atoms with E-state index >= 15 is 0 Å². The maximum atomic E-state index is 4.70. The van der Waals surface area contributed by atoms with Gasteiger partial charge < -0.3 is 10.6 Å². The fourth-order valence-electron chi connectivity index (χ4n) is 2.87. The number of rotatable bonds is 7. The molecule has 27 heavy (non-hydrogen) atoms. The van der Waals surface area contributed by atoms with Gasteiger partial charge in [0.25, 0.3) is 0 Å². The first kappa shape index (κ1) is 17.0. The van der Waals surface area contributed by atoms with Gasteiger partial charge in [0.2, 0.25) is 0 Å². The molecule has 0 saturated heterocycles. The van der Waals surface area contributed by atoms with Crippen molar-refractivity contribution in [3.63, 3.8) is 0 Å². The summed E-state index contributed by atoms with van der Waals surface area (Å²) in [6.07, 6.45) is 10.0. The number of nitrogens with one attached hydrogen (secondary N) is 2. The van der Waals surface area contributed by atoms with Gasteiger partial charge in [-0.05, 0) is 36.6 Å². The summed E-state index contributed by atoms with van der Waals surface area (Å²) in [6, 6.07) is 9.99. The lowest BCUT2D eigenvalue weighted by Crippen LogP contribution is -2.11. The van der Waals surface area contributed by atoms with E-state index in [1.807, 2.05) is 54.3 Å². The Morgan fingerprint density at radius 1 is 0.963 bits per heavy atom. The monoisotopic (exact) mass is 359 g/mol. The highest BCUT2D eigenvalue weighted by Crippen LogP contribution is 2.19. The SMILES string of the molecule is Cc1cnn2c(NCc3cccnc3)cc(NCCc3cccnc3)nc12. The van der Waals surface area contributed by atoms with Gasteiger partial charge in [-0.3, -0.25) is 9.97 Å². The summed E-state index contributed by atoms with van der Waals surface area (Å²) in [6.45, 7) is 3.46. The van der Waals surface area contributed by atoms with Crippen LogP contribution in [0.4, 0.5) is 11.6 Å². The molecule has 7 nitrogen and oxygen atoms in total. The molecule has 0 aliphatic rings. The van der Waals surface area contributed by atoms with Gasteiger partial charge in [0.1, 0.15) is 11.6 Å². The van der Waals surface area contributed by atoms with Crippen LogP contribution in [0.3, 0.4) is 0 Å². The quantitative estimate of drug-likeness (QED) is 0.528. The molecule has 0 fully saturated rings. The third-order valence-electron chi connectivity index (χ3n) is 4.29. The number of aromatic nitrogens is 5. The summed E-state index contributed by atoms with van der Waals surface area (Å²) in [5.41, 5.74) is 4.18. The van der Waals surface area contributed by atoms with Crippen molar-refractivity contribution in [3.05, 3.63) is 78.0 Å². The Kier molecular flexibility index (Phi) is 4.91. The van der Waals surface area contributed by atoms with Crippen molar-refractivity contribution in [1.82, 2.24) is 24.6 Å². The molecule has 0 amide bonds. The van der Waals surface area contributed by atoms with Crippen LogP contribution in [0.15, 0.2) is 61.3 Å². The normalized spacial score (nSPS) is 10.9. The first-order valence-electron chi connectivity index (χ1n) is 8.90. The number of hydrogen-bond donors (Lipinski definition) is 2. The molecule has 2 N–H and O–H groups in total. The van der Waals surface area contributed by atoms with Crippen molar-refractivity contribution in [3.8, 4) is 0 Å². The molecule has 4 rings (SSSR count). The van der Waals surface area contributed by atoms with E-state index in [-0.39, 0.29) is 0 Å². The zero-order valence-electron chi connectivity index (χ0n) is 15.1. The maximum absolute atomic E-state index is 4.70. The van der Waals surface area contributed by atoms with Crippen LogP contribution in [-0.4, -0.2) is 31.1 Å². The van der Waals surface area contributed by atoms with Gasteiger partial charge in [-0.15, -0.1) is 0 Å². The Hall–Kier alpha value is -3.48. The first-order valence-corrected chi connectivity index (χ1v) is 8.90. The van der Waals surface area contributed by atoms with Crippen molar-refractivity contribution in [2.75, 3.05) is 17.2 Å². The lowest BCUT2D eigenvalue weighted by molar-refractivity contribution is 0.918. The molecule has 4 aromatic rings. The van der Waals surface area contributed by atoms with E-state index in [0.717, 1.165) is 41.4 Å². The second-order valence-corrected chi connectivity index (χ2v) is 6.34. The van der Waals surface area contributed by atoms with Gasteiger partial charge in [0, 0.05) is 49.5 Å². The van der Waals surface area contributed by atoms with E-state index in [4.69, 9.17) is 4.98 Å². The van der Waals surface area contributed by atoms with Crippen LogP contribution in [0, 0.1) is 6.92 Å². The fraction of sp³-hybridized carbons (Fsp3) is 0.200. The molecule has 0 aliphatic carbocycles. The Morgan fingerprint density at radius 2 is 1.74 bits per heavy atom. The molecule has 4 heterocycles. The van der Waals surface area contributed by atoms with Crippen molar-refractivity contribution in [1.29, 1.82) is 0 Å². The molecule has 0 spiro atoms. The topological polar surface area (TPSA) is 80.0 Å². The second-order valence-electron chi connectivity index (χ2n) is 6.34. The van der Waals surface area contributed by atoms with Crippen molar-refractivity contribution in [2.45, 2.75) is 19.9 Å². The molecule has 4 aromatic heterocycles. The molecular formula is C20H21N7. The summed E-state index contributed by atoms with van der Waals surface area (Å²) in [4.78, 5) is 13.0. The molecule has 0 atom stereocenters. The predicted molar refractivity (Wildman–Crippen MR) is 106 cm³/mol. The van der Waals surface area contributed by atoms with Gasteiger partial charge in [-0.25, -0.2) is 4.98 Å². The average molecular weight is 359 g/mol. The van der Waals surface area contributed by atoms with E-state index in [1.54, 1.807) is 12.4 Å². The first-order chi connectivity index (χ1) is 13.3. The van der Waals surface area contributed by atoms with Gasteiger partial charge in [-0.2, -0.15) is 9.61 Å². The highest BCUT2D eigenvalue weighted by atomic mass is 15.3. The highest BCUT2D eigenvalue weighted by molar-refractivity contribution is 5.60. The van der Waals surface area contributed by atoms with E-state index < -0.39 is 0 Å². The fourth-order valence-corrected chi connectivity index (χ4v) is 2.87. The van der Waals surface area contributed by atoms with Gasteiger partial charge in [-0.1, -0.05) is 12.1 Å². The zero-order chi connectivity index (χ0) is 18.5. The minimum absolute atomic E-state index is 0.668. The van der Waals surface area contributed by atoms with Gasteiger partial charge >= 0.3 is 0 Å². The average Bonchev–Trinajstić information content (AvgIpc) is 3.09. The molecule has 0 saturated carbocycles. The summed E-state index contributed by atoms with van der Waals surface area (Å²) in [5, 5.41) is 11.3. The lowest BCUT2D eigenvalue weighted by atomic mass is 10.2. The van der Waals surface area contributed by atoms with Crippen LogP contribution >= 0.6 is 0 Å². The molecule has 0 aromatic carbocycles. The van der Waals surface area contributed by atoms with E-state index in [2.05, 4.69) is 31.8 Å². The van der Waals surface area contributed by atoms with Gasteiger partial charge in [0.15, 0.2) is 5.65 Å². The summed E-state index contributed by atoms with van der Waals surface area (Å²) in [7, 11) is 0. The Labute approximate surface area is 157 Å². The Bertz CT molecular complexity index is 1010. The molecular weight excluding hydrogens is 338 g/mol. The molecule has 0 radical (unpaired) electrons. The number of fused-ring (bicyclic) bond motifs is 1. The highest BCUT2D eigenvalue weighted by Gasteiger charge is 2.09. The van der Waals surface area contributed by atoms with Crippen LogP contribution < -0.4 is 10.6 Å². The minimum atomic E-state index is 0.668. The third kappa shape index (κ3) is 4.03. The van der Waals surface area contributed by atoms with Crippen LogP contribution in [0.25, 0.3) is 5.65 Å². The zero-order valence-corrected chi connectivity index (χ0v) is 15.1. The Balaban J connectivity index is 1.51. The van der Waals surface area contributed by atoms with E-state index in [1.165, 1.54) is 5.56 Å². The number of aryl methyl sites for hydroxylation is 1. The largest absolute Gasteiger partial charge is 0.370 e. The predicted octanol–water partition coefficient (Wildman–Crippen LogP) is 3.09. The number of pyridine rings is 2. The van der Waals surface area contributed by atoms with Crippen LogP contribution in [0.2, 0.25) is 0 Å². The van der Waals surface area contributed by atoms with Crippen LogP contribution in [0.5, 0.6) is 0 Å². The van der Waals surface area contributed by atoms with Gasteiger partial charge in [0.05, 0.1) is 6.20 Å². The number of nitrogens with zero attached hydrogens (tertiary/aromatic N) is 5.